The lowest BCUT2D eigenvalue weighted by atomic mass is 10.1. The van der Waals surface area contributed by atoms with E-state index in [0.29, 0.717) is 11.8 Å². The molecule has 6 heteroatoms. The molecule has 2 atom stereocenters. The van der Waals surface area contributed by atoms with Crippen molar-refractivity contribution in [1.29, 1.82) is 0 Å². The molecule has 3 rings (SSSR count). The molecule has 0 bridgehead atoms. The van der Waals surface area contributed by atoms with Gasteiger partial charge in [0.15, 0.2) is 0 Å². The first-order chi connectivity index (χ1) is 10.0. The van der Waals surface area contributed by atoms with Gasteiger partial charge in [0, 0.05) is 24.6 Å². The summed E-state index contributed by atoms with van der Waals surface area (Å²) in [5, 5.41) is 8.48. The molecule has 1 aromatic carbocycles. The summed E-state index contributed by atoms with van der Waals surface area (Å²) in [7, 11) is -3.60. The molecule has 3 N–H and O–H groups in total. The van der Waals surface area contributed by atoms with E-state index in [1.165, 1.54) is 5.56 Å². The van der Waals surface area contributed by atoms with Gasteiger partial charge in [-0.15, -0.1) is 0 Å². The first-order valence-corrected chi connectivity index (χ1v) is 8.35. The summed E-state index contributed by atoms with van der Waals surface area (Å²) in [5.41, 5.74) is 2.24. The van der Waals surface area contributed by atoms with Crippen molar-refractivity contribution in [3.8, 4) is 0 Å². The van der Waals surface area contributed by atoms with Gasteiger partial charge in [0.2, 0.25) is 10.0 Å². The minimum Gasteiger partial charge on any atom is -0.385 e. The molecule has 2 unspecified atom stereocenters. The van der Waals surface area contributed by atoms with E-state index in [4.69, 9.17) is 5.14 Å². The number of hydrogen-bond acceptors (Lipinski definition) is 4. The Labute approximate surface area is 124 Å². The van der Waals surface area contributed by atoms with Gasteiger partial charge < -0.3 is 5.32 Å². The van der Waals surface area contributed by atoms with Crippen molar-refractivity contribution in [3.05, 3.63) is 54.4 Å². The number of hydrogen-bond donors (Lipinski definition) is 2. The van der Waals surface area contributed by atoms with Crippen LogP contribution in [0.4, 0.5) is 5.69 Å². The molecule has 0 amide bonds. The van der Waals surface area contributed by atoms with Crippen molar-refractivity contribution in [2.45, 2.75) is 17.2 Å². The fraction of sp³-hybridized carbons (Fsp3) is 0.267. The van der Waals surface area contributed by atoms with Crippen LogP contribution in [0, 0.1) is 5.92 Å². The lowest BCUT2D eigenvalue weighted by Gasteiger charge is -2.06. The van der Waals surface area contributed by atoms with Crippen molar-refractivity contribution in [2.75, 3.05) is 11.9 Å². The van der Waals surface area contributed by atoms with Crippen LogP contribution in [0.1, 0.15) is 17.9 Å². The molecule has 2 aromatic rings. The molecule has 110 valence electrons. The zero-order valence-electron chi connectivity index (χ0n) is 11.4. The number of aromatic nitrogens is 1. The topological polar surface area (TPSA) is 85.1 Å². The second-order valence-electron chi connectivity index (χ2n) is 5.33. The highest BCUT2D eigenvalue weighted by Crippen LogP contribution is 2.47. The summed E-state index contributed by atoms with van der Waals surface area (Å²) in [6, 6.07) is 10.8. The van der Waals surface area contributed by atoms with Crippen LogP contribution in [0.15, 0.2) is 53.7 Å². The monoisotopic (exact) mass is 303 g/mol. The minimum absolute atomic E-state index is 0.165. The second-order valence-corrected chi connectivity index (χ2v) is 6.89. The number of benzene rings is 1. The Morgan fingerprint density at radius 3 is 2.43 bits per heavy atom. The Balaban J connectivity index is 1.58. The minimum atomic E-state index is -3.60. The smallest absolute Gasteiger partial charge is 0.238 e. The largest absolute Gasteiger partial charge is 0.385 e. The average molecular weight is 303 g/mol. The summed E-state index contributed by atoms with van der Waals surface area (Å²) in [6.45, 7) is 0.908. The maximum atomic E-state index is 11.2. The fourth-order valence-corrected chi connectivity index (χ4v) is 3.02. The Kier molecular flexibility index (Phi) is 3.65. The number of nitrogens with zero attached hydrogens (tertiary/aromatic N) is 1. The standard InChI is InChI=1S/C15H17N3O2S/c16-21(19,20)14-3-1-11(2-4-14)15-9-12(15)10-18-13-5-7-17-8-6-13/h1-8,12,15H,9-10H2,(H,17,18)(H2,16,19,20). The molecular weight excluding hydrogens is 286 g/mol. The molecule has 1 aromatic heterocycles. The number of primary sulfonamides is 1. The quantitative estimate of drug-likeness (QED) is 0.884. The number of sulfonamides is 1. The summed E-state index contributed by atoms with van der Waals surface area (Å²) in [4.78, 5) is 4.14. The normalized spacial score (nSPS) is 21.0. The Bertz CT molecular complexity index is 714. The van der Waals surface area contributed by atoms with E-state index >= 15 is 0 Å². The van der Waals surface area contributed by atoms with E-state index < -0.39 is 10.0 Å². The van der Waals surface area contributed by atoms with E-state index in [9.17, 15) is 8.42 Å². The molecule has 0 spiro atoms. The molecule has 1 aliphatic rings. The third-order valence-corrected chi connectivity index (χ3v) is 4.74. The summed E-state index contributed by atoms with van der Waals surface area (Å²) in [6.07, 6.45) is 4.64. The summed E-state index contributed by atoms with van der Waals surface area (Å²) in [5.74, 6) is 1.08. The van der Waals surface area contributed by atoms with E-state index in [1.54, 1.807) is 24.5 Å². The first-order valence-electron chi connectivity index (χ1n) is 6.81. The zero-order valence-corrected chi connectivity index (χ0v) is 12.3. The predicted molar refractivity (Wildman–Crippen MR) is 81.4 cm³/mol. The van der Waals surface area contributed by atoms with Crippen molar-refractivity contribution < 1.29 is 8.42 Å². The predicted octanol–water partition coefficient (Wildman–Crippen LogP) is 1.94. The van der Waals surface area contributed by atoms with Crippen LogP contribution < -0.4 is 10.5 Å². The Hall–Kier alpha value is -1.92. The van der Waals surface area contributed by atoms with E-state index in [-0.39, 0.29) is 4.90 Å². The van der Waals surface area contributed by atoms with Gasteiger partial charge in [0.1, 0.15) is 0 Å². The van der Waals surface area contributed by atoms with Crippen molar-refractivity contribution in [3.63, 3.8) is 0 Å². The lowest BCUT2D eigenvalue weighted by molar-refractivity contribution is 0.598. The molecule has 21 heavy (non-hydrogen) atoms. The molecule has 1 saturated carbocycles. The van der Waals surface area contributed by atoms with E-state index in [2.05, 4.69) is 10.3 Å². The van der Waals surface area contributed by atoms with Gasteiger partial charge in [-0.1, -0.05) is 12.1 Å². The maximum absolute atomic E-state index is 11.2. The lowest BCUT2D eigenvalue weighted by Crippen LogP contribution is -2.11. The molecule has 0 aliphatic heterocycles. The second kappa shape index (κ2) is 5.46. The van der Waals surface area contributed by atoms with Crippen LogP contribution in [0.25, 0.3) is 0 Å². The van der Waals surface area contributed by atoms with Crippen LogP contribution in [0.3, 0.4) is 0 Å². The van der Waals surface area contributed by atoms with Crippen molar-refractivity contribution >= 4 is 15.7 Å². The number of pyridine rings is 1. The van der Waals surface area contributed by atoms with Gasteiger partial charge >= 0.3 is 0 Å². The molecule has 1 heterocycles. The highest BCUT2D eigenvalue weighted by atomic mass is 32.2. The molecule has 0 radical (unpaired) electrons. The van der Waals surface area contributed by atoms with E-state index in [1.807, 2.05) is 24.3 Å². The van der Waals surface area contributed by atoms with Gasteiger partial charge in [-0.05, 0) is 48.1 Å². The van der Waals surface area contributed by atoms with Gasteiger partial charge in [-0.25, -0.2) is 13.6 Å². The Morgan fingerprint density at radius 2 is 1.81 bits per heavy atom. The van der Waals surface area contributed by atoms with Crippen LogP contribution in [0.2, 0.25) is 0 Å². The average Bonchev–Trinajstić information content (AvgIpc) is 3.25. The highest BCUT2D eigenvalue weighted by Gasteiger charge is 2.37. The van der Waals surface area contributed by atoms with Crippen molar-refractivity contribution in [1.82, 2.24) is 4.98 Å². The van der Waals surface area contributed by atoms with E-state index in [0.717, 1.165) is 18.7 Å². The molecule has 5 nitrogen and oxygen atoms in total. The van der Waals surface area contributed by atoms with Gasteiger partial charge in [-0.2, -0.15) is 0 Å². The van der Waals surface area contributed by atoms with Gasteiger partial charge in [-0.3, -0.25) is 4.98 Å². The maximum Gasteiger partial charge on any atom is 0.238 e. The SMILES string of the molecule is NS(=O)(=O)c1ccc(C2CC2CNc2ccncc2)cc1. The molecule has 1 aliphatic carbocycles. The number of nitrogens with one attached hydrogen (secondary N) is 1. The van der Waals surface area contributed by atoms with Gasteiger partial charge in [0.05, 0.1) is 4.90 Å². The summed E-state index contributed by atoms with van der Waals surface area (Å²) >= 11 is 0. The molecular formula is C15H17N3O2S. The number of rotatable bonds is 5. The fourth-order valence-electron chi connectivity index (χ4n) is 2.50. The highest BCUT2D eigenvalue weighted by molar-refractivity contribution is 7.89. The van der Waals surface area contributed by atoms with Crippen LogP contribution in [0.5, 0.6) is 0 Å². The molecule has 0 saturated heterocycles. The zero-order chi connectivity index (χ0) is 14.9. The third-order valence-electron chi connectivity index (χ3n) is 3.81. The van der Waals surface area contributed by atoms with Crippen LogP contribution in [-0.4, -0.2) is 19.9 Å². The summed E-state index contributed by atoms with van der Waals surface area (Å²) < 4.78 is 22.4. The van der Waals surface area contributed by atoms with Crippen LogP contribution in [-0.2, 0) is 10.0 Å². The first kappa shape index (κ1) is 14.0. The third kappa shape index (κ3) is 3.40. The molecule has 1 fully saturated rings. The van der Waals surface area contributed by atoms with Gasteiger partial charge in [0.25, 0.3) is 0 Å². The number of anilines is 1. The Morgan fingerprint density at radius 1 is 1.14 bits per heavy atom. The number of nitrogens with two attached hydrogens (primary N) is 1. The van der Waals surface area contributed by atoms with Crippen molar-refractivity contribution in [2.24, 2.45) is 11.1 Å². The van der Waals surface area contributed by atoms with Crippen LogP contribution >= 0.6 is 0 Å².